The van der Waals surface area contributed by atoms with Crippen LogP contribution in [-0.2, 0) is 0 Å². The van der Waals surface area contributed by atoms with Crippen LogP contribution in [0.15, 0.2) is 30.7 Å². The van der Waals surface area contributed by atoms with Crippen LogP contribution in [0, 0.1) is 0 Å². The molecule has 4 heteroatoms. The second kappa shape index (κ2) is 5.58. The molecule has 2 heterocycles. The first-order valence-electron chi connectivity index (χ1n) is 6.12. The van der Waals surface area contributed by atoms with E-state index in [2.05, 4.69) is 28.8 Å². The molecule has 0 amide bonds. The molecule has 0 saturated heterocycles. The summed E-state index contributed by atoms with van der Waals surface area (Å²) in [6.07, 6.45) is 5.42. The minimum atomic E-state index is 0.430. The highest BCUT2D eigenvalue weighted by Gasteiger charge is 2.10. The van der Waals surface area contributed by atoms with Gasteiger partial charge in [-0.1, -0.05) is 13.8 Å². The Hall–Kier alpha value is -1.97. The molecule has 0 aliphatic carbocycles. The summed E-state index contributed by atoms with van der Waals surface area (Å²) in [4.78, 5) is 13.0. The Bertz CT molecular complexity index is 509. The molecule has 0 aliphatic rings. The van der Waals surface area contributed by atoms with E-state index in [4.69, 9.17) is 4.74 Å². The molecule has 0 aromatic carbocycles. The van der Waals surface area contributed by atoms with Crippen molar-refractivity contribution in [3.05, 3.63) is 36.3 Å². The standard InChI is InChI=1S/C14H17N3O/c1-4-18-14-12(6-5-7-15-14)13-16-8-11(9-17-13)10(2)3/h5-10H,4H2,1-3H3. The van der Waals surface area contributed by atoms with Crippen molar-refractivity contribution in [3.8, 4) is 17.3 Å². The molecule has 94 valence electrons. The summed E-state index contributed by atoms with van der Waals surface area (Å²) >= 11 is 0. The van der Waals surface area contributed by atoms with Gasteiger partial charge in [0.05, 0.1) is 12.2 Å². The fourth-order valence-corrected chi connectivity index (χ4v) is 1.59. The number of hydrogen-bond donors (Lipinski definition) is 0. The van der Waals surface area contributed by atoms with E-state index in [-0.39, 0.29) is 0 Å². The van der Waals surface area contributed by atoms with E-state index in [9.17, 15) is 0 Å². The van der Waals surface area contributed by atoms with Gasteiger partial charge in [0, 0.05) is 18.6 Å². The number of rotatable bonds is 4. The maximum Gasteiger partial charge on any atom is 0.224 e. The van der Waals surface area contributed by atoms with Gasteiger partial charge in [-0.3, -0.25) is 0 Å². The third-order valence-electron chi connectivity index (χ3n) is 2.63. The Morgan fingerprint density at radius 1 is 1.17 bits per heavy atom. The Morgan fingerprint density at radius 3 is 2.50 bits per heavy atom. The molecule has 2 rings (SSSR count). The maximum absolute atomic E-state index is 5.48. The SMILES string of the molecule is CCOc1ncccc1-c1ncc(C(C)C)cn1. The molecule has 0 spiro atoms. The largest absolute Gasteiger partial charge is 0.477 e. The average Bonchev–Trinajstić information content (AvgIpc) is 2.40. The predicted octanol–water partition coefficient (Wildman–Crippen LogP) is 3.06. The second-order valence-corrected chi connectivity index (χ2v) is 4.28. The summed E-state index contributed by atoms with van der Waals surface area (Å²) in [5.74, 6) is 1.66. The molecule has 0 N–H and O–H groups in total. The quantitative estimate of drug-likeness (QED) is 0.828. The smallest absolute Gasteiger partial charge is 0.224 e. The lowest BCUT2D eigenvalue weighted by molar-refractivity contribution is 0.328. The minimum absolute atomic E-state index is 0.430. The number of nitrogens with zero attached hydrogens (tertiary/aromatic N) is 3. The van der Waals surface area contributed by atoms with Gasteiger partial charge in [-0.2, -0.15) is 0 Å². The zero-order chi connectivity index (χ0) is 13.0. The van der Waals surface area contributed by atoms with Crippen LogP contribution in [-0.4, -0.2) is 21.6 Å². The first kappa shape index (κ1) is 12.5. The highest BCUT2D eigenvalue weighted by atomic mass is 16.5. The topological polar surface area (TPSA) is 47.9 Å². The van der Waals surface area contributed by atoms with Crippen molar-refractivity contribution in [3.63, 3.8) is 0 Å². The summed E-state index contributed by atoms with van der Waals surface area (Å²) in [5.41, 5.74) is 1.95. The molecule has 0 unspecified atom stereocenters. The van der Waals surface area contributed by atoms with Gasteiger partial charge < -0.3 is 4.74 Å². The molecule has 2 aromatic rings. The Morgan fingerprint density at radius 2 is 1.89 bits per heavy atom. The lowest BCUT2D eigenvalue weighted by Gasteiger charge is -2.08. The number of hydrogen-bond acceptors (Lipinski definition) is 4. The molecule has 4 nitrogen and oxygen atoms in total. The molecule has 0 bridgehead atoms. The van der Waals surface area contributed by atoms with Crippen LogP contribution in [0.1, 0.15) is 32.3 Å². The van der Waals surface area contributed by atoms with Gasteiger partial charge >= 0.3 is 0 Å². The molecular formula is C14H17N3O. The minimum Gasteiger partial charge on any atom is -0.477 e. The third-order valence-corrected chi connectivity index (χ3v) is 2.63. The molecule has 2 aromatic heterocycles. The van der Waals surface area contributed by atoms with Crippen LogP contribution in [0.4, 0.5) is 0 Å². The van der Waals surface area contributed by atoms with Crippen molar-refractivity contribution in [2.75, 3.05) is 6.61 Å². The predicted molar refractivity (Wildman–Crippen MR) is 70.5 cm³/mol. The van der Waals surface area contributed by atoms with Crippen LogP contribution in [0.25, 0.3) is 11.4 Å². The van der Waals surface area contributed by atoms with E-state index < -0.39 is 0 Å². The average molecular weight is 243 g/mol. The third kappa shape index (κ3) is 2.64. The molecule has 18 heavy (non-hydrogen) atoms. The molecule has 0 aliphatic heterocycles. The summed E-state index contributed by atoms with van der Waals surface area (Å²) in [5, 5.41) is 0. The van der Waals surface area contributed by atoms with Crippen molar-refractivity contribution in [1.29, 1.82) is 0 Å². The van der Waals surface area contributed by atoms with Gasteiger partial charge in [0.15, 0.2) is 5.82 Å². The first-order chi connectivity index (χ1) is 8.72. The highest BCUT2D eigenvalue weighted by molar-refractivity contribution is 5.60. The molecular weight excluding hydrogens is 226 g/mol. The summed E-state index contributed by atoms with van der Waals surface area (Å²) in [6.45, 7) is 6.75. The summed E-state index contributed by atoms with van der Waals surface area (Å²) in [7, 11) is 0. The van der Waals surface area contributed by atoms with Crippen LogP contribution in [0.2, 0.25) is 0 Å². The molecule has 0 atom stereocenters. The van der Waals surface area contributed by atoms with E-state index in [1.807, 2.05) is 31.5 Å². The summed E-state index contributed by atoms with van der Waals surface area (Å²) < 4.78 is 5.48. The lowest BCUT2D eigenvalue weighted by atomic mass is 10.1. The van der Waals surface area contributed by atoms with Crippen LogP contribution < -0.4 is 4.74 Å². The van der Waals surface area contributed by atoms with Crippen LogP contribution in [0.3, 0.4) is 0 Å². The number of pyridine rings is 1. The van der Waals surface area contributed by atoms with Gasteiger partial charge in [-0.15, -0.1) is 0 Å². The Labute approximate surface area is 107 Å². The van der Waals surface area contributed by atoms with E-state index in [1.54, 1.807) is 6.20 Å². The molecule has 0 saturated carbocycles. The normalized spacial score (nSPS) is 10.7. The van der Waals surface area contributed by atoms with E-state index >= 15 is 0 Å². The second-order valence-electron chi connectivity index (χ2n) is 4.28. The number of aromatic nitrogens is 3. The van der Waals surface area contributed by atoms with E-state index in [0.717, 1.165) is 11.1 Å². The fourth-order valence-electron chi connectivity index (χ4n) is 1.59. The van der Waals surface area contributed by atoms with Crippen molar-refractivity contribution in [2.24, 2.45) is 0 Å². The zero-order valence-electron chi connectivity index (χ0n) is 10.9. The van der Waals surface area contributed by atoms with Gasteiger partial charge in [0.1, 0.15) is 0 Å². The maximum atomic E-state index is 5.48. The van der Waals surface area contributed by atoms with Gasteiger partial charge in [-0.05, 0) is 30.5 Å². The van der Waals surface area contributed by atoms with Crippen molar-refractivity contribution >= 4 is 0 Å². The van der Waals surface area contributed by atoms with Crippen molar-refractivity contribution < 1.29 is 4.74 Å². The van der Waals surface area contributed by atoms with E-state index in [0.29, 0.717) is 24.2 Å². The monoisotopic (exact) mass is 243 g/mol. The molecule has 0 fully saturated rings. The lowest BCUT2D eigenvalue weighted by Crippen LogP contribution is -1.99. The first-order valence-corrected chi connectivity index (χ1v) is 6.12. The summed E-state index contributed by atoms with van der Waals surface area (Å²) in [6, 6.07) is 3.78. The highest BCUT2D eigenvalue weighted by Crippen LogP contribution is 2.25. The Balaban J connectivity index is 2.36. The Kier molecular flexibility index (Phi) is 3.87. The van der Waals surface area contributed by atoms with Crippen LogP contribution in [0.5, 0.6) is 5.88 Å². The van der Waals surface area contributed by atoms with Crippen LogP contribution >= 0.6 is 0 Å². The fraction of sp³-hybridized carbons (Fsp3) is 0.357. The van der Waals surface area contributed by atoms with Crippen molar-refractivity contribution in [2.45, 2.75) is 26.7 Å². The zero-order valence-corrected chi connectivity index (χ0v) is 10.9. The van der Waals surface area contributed by atoms with E-state index in [1.165, 1.54) is 0 Å². The van der Waals surface area contributed by atoms with Gasteiger partial charge in [0.2, 0.25) is 5.88 Å². The number of ether oxygens (including phenoxy) is 1. The van der Waals surface area contributed by atoms with Gasteiger partial charge in [-0.25, -0.2) is 15.0 Å². The molecule has 0 radical (unpaired) electrons. The van der Waals surface area contributed by atoms with Gasteiger partial charge in [0.25, 0.3) is 0 Å². The van der Waals surface area contributed by atoms with Crippen molar-refractivity contribution in [1.82, 2.24) is 15.0 Å².